The van der Waals surface area contributed by atoms with Crippen LogP contribution in [0.15, 0.2) is 77.7 Å². The molecular weight excluding hydrogens is 542 g/mol. The van der Waals surface area contributed by atoms with E-state index in [9.17, 15) is 13.2 Å². The van der Waals surface area contributed by atoms with Crippen molar-refractivity contribution < 1.29 is 13.2 Å². The largest absolute Gasteiger partial charge is 0.351 e. The van der Waals surface area contributed by atoms with Gasteiger partial charge in [0, 0.05) is 50.5 Å². The highest BCUT2D eigenvalue weighted by Gasteiger charge is 2.20. The molecular formula is C27H30ClN5O3S2. The molecule has 0 aliphatic carbocycles. The summed E-state index contributed by atoms with van der Waals surface area (Å²) in [6, 6.07) is 20.9. The minimum Gasteiger partial charge on any atom is -0.351 e. The first-order chi connectivity index (χ1) is 17.9. The number of nitrogens with zero attached hydrogens (tertiary/aromatic N) is 3. The van der Waals surface area contributed by atoms with Crippen LogP contribution in [0.4, 0.5) is 10.8 Å². The summed E-state index contributed by atoms with van der Waals surface area (Å²) in [5.74, 6) is -0.180. The van der Waals surface area contributed by atoms with E-state index in [0.717, 1.165) is 43.4 Å². The van der Waals surface area contributed by atoms with Crippen LogP contribution in [0.2, 0.25) is 0 Å². The zero-order chi connectivity index (χ0) is 25.8. The molecule has 1 saturated heterocycles. The van der Waals surface area contributed by atoms with Crippen molar-refractivity contribution in [1.29, 1.82) is 0 Å². The van der Waals surface area contributed by atoms with E-state index in [-0.39, 0.29) is 23.2 Å². The Morgan fingerprint density at radius 3 is 2.34 bits per heavy atom. The molecule has 4 aromatic rings. The topological polar surface area (TPSA) is 94.6 Å². The average molecular weight is 572 g/mol. The number of fused-ring (bicyclic) bond motifs is 1. The SMILES string of the molecule is Cc1cccc2sc(N3CCN(CCNC(=O)c4ccc(NS(=O)(=O)c5ccccc5)cc4)CC3)nc12.Cl. The highest BCUT2D eigenvalue weighted by molar-refractivity contribution is 7.92. The molecule has 0 saturated carbocycles. The molecule has 0 unspecified atom stereocenters. The second-order valence-electron chi connectivity index (χ2n) is 9.00. The number of carbonyl (C=O) groups is 1. The van der Waals surface area contributed by atoms with Crippen molar-refractivity contribution in [2.45, 2.75) is 11.8 Å². The first-order valence-corrected chi connectivity index (χ1v) is 14.5. The first-order valence-electron chi connectivity index (χ1n) is 12.2. The number of aromatic nitrogens is 1. The van der Waals surface area contributed by atoms with Crippen LogP contribution in [-0.4, -0.2) is 63.5 Å². The molecule has 0 atom stereocenters. The van der Waals surface area contributed by atoms with Gasteiger partial charge in [0.1, 0.15) is 0 Å². The molecule has 1 aromatic heterocycles. The zero-order valence-electron chi connectivity index (χ0n) is 21.0. The lowest BCUT2D eigenvalue weighted by molar-refractivity contribution is 0.0948. The number of rotatable bonds is 8. The number of amides is 1. The van der Waals surface area contributed by atoms with Gasteiger partial charge in [-0.15, -0.1) is 12.4 Å². The van der Waals surface area contributed by atoms with E-state index in [1.807, 2.05) is 0 Å². The fourth-order valence-corrected chi connectivity index (χ4v) is 6.48. The third-order valence-corrected chi connectivity index (χ3v) is 8.90. The van der Waals surface area contributed by atoms with Crippen LogP contribution >= 0.6 is 23.7 Å². The van der Waals surface area contributed by atoms with Gasteiger partial charge in [-0.1, -0.05) is 41.7 Å². The summed E-state index contributed by atoms with van der Waals surface area (Å²) >= 11 is 1.74. The van der Waals surface area contributed by atoms with Crippen molar-refractivity contribution in [3.63, 3.8) is 0 Å². The molecule has 0 spiro atoms. The highest BCUT2D eigenvalue weighted by Crippen LogP contribution is 2.31. The number of halogens is 1. The van der Waals surface area contributed by atoms with Crippen LogP contribution in [0.1, 0.15) is 15.9 Å². The van der Waals surface area contributed by atoms with Gasteiger partial charge >= 0.3 is 0 Å². The average Bonchev–Trinajstić information content (AvgIpc) is 3.36. The fraction of sp³-hybridized carbons (Fsp3) is 0.259. The molecule has 3 aromatic carbocycles. The Labute approximate surface area is 233 Å². The maximum Gasteiger partial charge on any atom is 0.261 e. The maximum absolute atomic E-state index is 12.6. The smallest absolute Gasteiger partial charge is 0.261 e. The molecule has 1 amide bonds. The summed E-state index contributed by atoms with van der Waals surface area (Å²) in [4.78, 5) is 22.3. The van der Waals surface area contributed by atoms with Crippen molar-refractivity contribution in [1.82, 2.24) is 15.2 Å². The lowest BCUT2D eigenvalue weighted by atomic mass is 10.2. The van der Waals surface area contributed by atoms with Crippen LogP contribution in [-0.2, 0) is 10.0 Å². The highest BCUT2D eigenvalue weighted by atomic mass is 35.5. The number of benzene rings is 3. The van der Waals surface area contributed by atoms with E-state index in [0.29, 0.717) is 17.8 Å². The van der Waals surface area contributed by atoms with Gasteiger partial charge in [0.15, 0.2) is 5.13 Å². The third kappa shape index (κ3) is 6.44. The quantitative estimate of drug-likeness (QED) is 0.326. The standard InChI is InChI=1S/C27H29N5O3S2.ClH/c1-20-6-5-9-24-25(20)29-27(36-24)32-18-16-31(17-19-32)15-14-28-26(33)21-10-12-22(13-11-21)30-37(34,35)23-7-3-2-4-8-23;/h2-13,30H,14-19H2,1H3,(H,28,33);1H. The van der Waals surface area contributed by atoms with E-state index in [1.165, 1.54) is 22.4 Å². The van der Waals surface area contributed by atoms with Crippen molar-refractivity contribution in [2.24, 2.45) is 0 Å². The predicted octanol–water partition coefficient (Wildman–Crippen LogP) is 4.38. The van der Waals surface area contributed by atoms with Crippen LogP contribution in [0.25, 0.3) is 10.2 Å². The molecule has 200 valence electrons. The molecule has 11 heteroatoms. The molecule has 0 bridgehead atoms. The zero-order valence-corrected chi connectivity index (χ0v) is 23.4. The number of aryl methyl sites for hydroxylation is 1. The predicted molar refractivity (Wildman–Crippen MR) is 156 cm³/mol. The molecule has 1 aliphatic heterocycles. The Kier molecular flexibility index (Phi) is 8.88. The number of para-hydroxylation sites is 1. The first kappa shape index (κ1) is 27.8. The lowest BCUT2D eigenvalue weighted by Gasteiger charge is -2.34. The molecule has 2 N–H and O–H groups in total. The fourth-order valence-electron chi connectivity index (χ4n) is 4.31. The van der Waals surface area contributed by atoms with Crippen LogP contribution in [0.3, 0.4) is 0 Å². The van der Waals surface area contributed by atoms with Gasteiger partial charge < -0.3 is 10.2 Å². The minimum absolute atomic E-state index is 0. The van der Waals surface area contributed by atoms with E-state index >= 15 is 0 Å². The molecule has 38 heavy (non-hydrogen) atoms. The van der Waals surface area contributed by atoms with Crippen molar-refractivity contribution in [3.8, 4) is 0 Å². The summed E-state index contributed by atoms with van der Waals surface area (Å²) in [6.07, 6.45) is 0. The van der Waals surface area contributed by atoms with E-state index in [1.54, 1.807) is 53.8 Å². The number of carbonyl (C=O) groups excluding carboxylic acids is 1. The van der Waals surface area contributed by atoms with Gasteiger partial charge in [-0.25, -0.2) is 13.4 Å². The normalized spacial score (nSPS) is 14.2. The molecule has 5 rings (SSSR count). The van der Waals surface area contributed by atoms with Gasteiger partial charge in [-0.05, 0) is 55.0 Å². The Morgan fingerprint density at radius 1 is 0.947 bits per heavy atom. The Bertz CT molecular complexity index is 1490. The van der Waals surface area contributed by atoms with Crippen molar-refractivity contribution in [2.75, 3.05) is 48.9 Å². The van der Waals surface area contributed by atoms with Gasteiger partial charge in [0.25, 0.3) is 15.9 Å². The van der Waals surface area contributed by atoms with Gasteiger partial charge in [0.05, 0.1) is 15.1 Å². The Balaban J connectivity index is 0.00000336. The minimum atomic E-state index is -3.67. The number of sulfonamides is 1. The summed E-state index contributed by atoms with van der Waals surface area (Å²) < 4.78 is 28.7. The number of hydrogen-bond donors (Lipinski definition) is 2. The second kappa shape index (κ2) is 12.1. The van der Waals surface area contributed by atoms with Gasteiger partial charge in [-0.2, -0.15) is 0 Å². The molecule has 0 radical (unpaired) electrons. The van der Waals surface area contributed by atoms with Crippen LogP contribution < -0.4 is 14.9 Å². The van der Waals surface area contributed by atoms with Crippen molar-refractivity contribution in [3.05, 3.63) is 83.9 Å². The third-order valence-electron chi connectivity index (χ3n) is 6.42. The summed E-state index contributed by atoms with van der Waals surface area (Å²) in [5.41, 5.74) is 3.19. The van der Waals surface area contributed by atoms with Gasteiger partial charge in [-0.3, -0.25) is 14.4 Å². The number of piperazine rings is 1. The summed E-state index contributed by atoms with van der Waals surface area (Å²) in [7, 11) is -3.67. The number of nitrogens with one attached hydrogen (secondary N) is 2. The number of thiazole rings is 1. The van der Waals surface area contributed by atoms with E-state index in [2.05, 4.69) is 45.0 Å². The summed E-state index contributed by atoms with van der Waals surface area (Å²) in [5, 5.41) is 4.04. The van der Waals surface area contributed by atoms with Gasteiger partial charge in [0.2, 0.25) is 0 Å². The Morgan fingerprint density at radius 2 is 1.66 bits per heavy atom. The van der Waals surface area contributed by atoms with E-state index < -0.39 is 10.0 Å². The molecule has 2 heterocycles. The van der Waals surface area contributed by atoms with Crippen LogP contribution in [0, 0.1) is 6.92 Å². The monoisotopic (exact) mass is 571 g/mol. The maximum atomic E-state index is 12.6. The van der Waals surface area contributed by atoms with Crippen molar-refractivity contribution >= 4 is 60.7 Å². The Hall–Kier alpha value is -3.18. The lowest BCUT2D eigenvalue weighted by Crippen LogP contribution is -2.48. The summed E-state index contributed by atoms with van der Waals surface area (Å²) in [6.45, 7) is 7.07. The number of anilines is 2. The van der Waals surface area contributed by atoms with E-state index in [4.69, 9.17) is 4.98 Å². The molecule has 8 nitrogen and oxygen atoms in total. The molecule has 1 fully saturated rings. The second-order valence-corrected chi connectivity index (χ2v) is 11.7. The van der Waals surface area contributed by atoms with Crippen LogP contribution in [0.5, 0.6) is 0 Å². The number of hydrogen-bond acceptors (Lipinski definition) is 7. The molecule has 1 aliphatic rings.